The topological polar surface area (TPSA) is 81.3 Å². The third kappa shape index (κ3) is 6.04. The Hall–Kier alpha value is -3.42. The molecule has 2 aromatic carbocycles. The molecule has 0 atom stereocenters. The molecule has 0 aliphatic heterocycles. The number of benzene rings is 2. The summed E-state index contributed by atoms with van der Waals surface area (Å²) in [6.45, 7) is 1.57. The minimum absolute atomic E-state index is 0.138. The predicted octanol–water partition coefficient (Wildman–Crippen LogP) is 2.51. The molecule has 0 bridgehead atoms. The van der Waals surface area contributed by atoms with Crippen LogP contribution in [0.4, 0.5) is 8.78 Å². The molecule has 0 radical (unpaired) electrons. The van der Waals surface area contributed by atoms with Gasteiger partial charge in [0, 0.05) is 43.8 Å². The molecule has 158 valence electrons. The lowest BCUT2D eigenvalue weighted by Crippen LogP contribution is -2.42. The second-order valence-corrected chi connectivity index (χ2v) is 6.84. The van der Waals surface area contributed by atoms with Crippen LogP contribution in [-0.4, -0.2) is 43.5 Å². The highest BCUT2D eigenvalue weighted by molar-refractivity contribution is 5.83. The van der Waals surface area contributed by atoms with Crippen LogP contribution in [0.3, 0.4) is 0 Å². The van der Waals surface area contributed by atoms with Crippen molar-refractivity contribution in [2.45, 2.75) is 12.8 Å². The van der Waals surface area contributed by atoms with E-state index in [0.29, 0.717) is 31.2 Å². The molecule has 0 aliphatic rings. The highest BCUT2D eigenvalue weighted by atomic mass is 19.1. The molecule has 0 unspecified atom stereocenters. The van der Waals surface area contributed by atoms with Gasteiger partial charge in [-0.1, -0.05) is 12.1 Å². The van der Waals surface area contributed by atoms with Gasteiger partial charge >= 0.3 is 0 Å². The lowest BCUT2D eigenvalue weighted by Gasteiger charge is -2.12. The molecule has 0 aliphatic carbocycles. The molecule has 3 rings (SSSR count). The minimum Gasteiger partial charge on any atom is -0.361 e. The normalized spacial score (nSPS) is 11.5. The highest BCUT2D eigenvalue weighted by Gasteiger charge is 2.06. The number of aliphatic imine (C=N–C) groups is 1. The second kappa shape index (κ2) is 10.4. The van der Waals surface area contributed by atoms with Crippen LogP contribution in [0.1, 0.15) is 11.1 Å². The smallest absolute Gasteiger partial charge is 0.224 e. The molecule has 1 aromatic heterocycles. The summed E-state index contributed by atoms with van der Waals surface area (Å²) in [6.07, 6.45) is 2.77. The number of hydrogen-bond acceptors (Lipinski definition) is 2. The summed E-state index contributed by atoms with van der Waals surface area (Å²) >= 11 is 0. The van der Waals surface area contributed by atoms with Gasteiger partial charge in [0.1, 0.15) is 11.6 Å². The van der Waals surface area contributed by atoms with Crippen molar-refractivity contribution >= 4 is 22.8 Å². The summed E-state index contributed by atoms with van der Waals surface area (Å²) in [7, 11) is 1.67. The number of aromatic amines is 1. The van der Waals surface area contributed by atoms with Gasteiger partial charge in [-0.25, -0.2) is 8.78 Å². The molecule has 0 saturated carbocycles. The Labute approximate surface area is 173 Å². The number of aromatic nitrogens is 1. The van der Waals surface area contributed by atoms with Crippen LogP contribution in [0.25, 0.3) is 10.9 Å². The maximum absolute atomic E-state index is 13.3. The van der Waals surface area contributed by atoms with Crippen molar-refractivity contribution < 1.29 is 13.6 Å². The molecule has 0 saturated heterocycles. The van der Waals surface area contributed by atoms with Gasteiger partial charge < -0.3 is 20.9 Å². The van der Waals surface area contributed by atoms with Crippen molar-refractivity contribution in [2.24, 2.45) is 4.99 Å². The number of guanidine groups is 1. The largest absolute Gasteiger partial charge is 0.361 e. The predicted molar refractivity (Wildman–Crippen MR) is 114 cm³/mol. The number of H-pyrrole nitrogens is 1. The van der Waals surface area contributed by atoms with E-state index in [2.05, 4.69) is 25.9 Å². The number of rotatable bonds is 8. The summed E-state index contributed by atoms with van der Waals surface area (Å²) in [4.78, 5) is 19.2. The van der Waals surface area contributed by atoms with Gasteiger partial charge in [-0.15, -0.1) is 0 Å². The number of halogens is 2. The number of hydrogen-bond donors (Lipinski definition) is 4. The third-order valence-electron chi connectivity index (χ3n) is 4.63. The molecule has 0 spiro atoms. The van der Waals surface area contributed by atoms with E-state index in [4.69, 9.17) is 0 Å². The zero-order valence-electron chi connectivity index (χ0n) is 16.8. The molecule has 6 nitrogen and oxygen atoms in total. The number of nitrogens with zero attached hydrogens (tertiary/aromatic N) is 1. The van der Waals surface area contributed by atoms with Gasteiger partial charge in [0.05, 0.1) is 6.42 Å². The van der Waals surface area contributed by atoms with E-state index in [0.717, 1.165) is 22.9 Å². The van der Waals surface area contributed by atoms with Crippen LogP contribution in [0.15, 0.2) is 53.7 Å². The van der Waals surface area contributed by atoms with Crippen molar-refractivity contribution in [2.75, 3.05) is 26.7 Å². The molecule has 8 heteroatoms. The van der Waals surface area contributed by atoms with E-state index in [-0.39, 0.29) is 24.0 Å². The van der Waals surface area contributed by atoms with Gasteiger partial charge in [0.15, 0.2) is 5.96 Å². The first kappa shape index (κ1) is 21.3. The van der Waals surface area contributed by atoms with Crippen molar-refractivity contribution in [3.05, 3.63) is 71.4 Å². The molecule has 0 fully saturated rings. The van der Waals surface area contributed by atoms with Gasteiger partial charge in [0.2, 0.25) is 5.91 Å². The Morgan fingerprint density at radius 2 is 1.77 bits per heavy atom. The average molecular weight is 413 g/mol. The first-order chi connectivity index (χ1) is 14.5. The summed E-state index contributed by atoms with van der Waals surface area (Å²) in [6, 6.07) is 10.7. The lowest BCUT2D eigenvalue weighted by molar-refractivity contribution is -0.120. The van der Waals surface area contributed by atoms with E-state index in [1.54, 1.807) is 25.2 Å². The Bertz CT molecular complexity index is 1030. The van der Waals surface area contributed by atoms with Gasteiger partial charge in [-0.3, -0.25) is 9.79 Å². The van der Waals surface area contributed by atoms with Gasteiger partial charge in [0.25, 0.3) is 0 Å². The van der Waals surface area contributed by atoms with Gasteiger partial charge in [-0.05, 0) is 47.9 Å². The van der Waals surface area contributed by atoms with Crippen LogP contribution in [0, 0.1) is 11.6 Å². The molecular formula is C22H25F2N5O. The molecular weight excluding hydrogens is 388 g/mol. The summed E-state index contributed by atoms with van der Waals surface area (Å²) in [5.74, 6) is -0.153. The van der Waals surface area contributed by atoms with Crippen molar-refractivity contribution in [1.29, 1.82) is 0 Å². The zero-order chi connectivity index (χ0) is 21.3. The number of carbonyl (C=O) groups excluding carboxylic acids is 1. The van der Waals surface area contributed by atoms with E-state index in [9.17, 15) is 13.6 Å². The molecule has 4 N–H and O–H groups in total. The fourth-order valence-corrected chi connectivity index (χ4v) is 3.18. The molecule has 1 amide bonds. The molecule has 1 heterocycles. The van der Waals surface area contributed by atoms with Gasteiger partial charge in [-0.2, -0.15) is 0 Å². The van der Waals surface area contributed by atoms with Crippen LogP contribution in [0.2, 0.25) is 0 Å². The first-order valence-corrected chi connectivity index (χ1v) is 9.76. The molecule has 3 aromatic rings. The number of fused-ring (bicyclic) bond motifs is 1. The number of carbonyl (C=O) groups is 1. The first-order valence-electron chi connectivity index (χ1n) is 9.76. The number of nitrogens with one attached hydrogen (secondary N) is 4. The van der Waals surface area contributed by atoms with Crippen LogP contribution < -0.4 is 16.0 Å². The summed E-state index contributed by atoms with van der Waals surface area (Å²) < 4.78 is 26.4. The zero-order valence-corrected chi connectivity index (χ0v) is 16.8. The molecule has 30 heavy (non-hydrogen) atoms. The standard InChI is InChI=1S/C22H25F2N5O/c1-25-22(27-8-7-16-14-29-20-13-18(24)5-6-19(16)20)28-10-9-26-21(30)12-15-3-2-4-17(23)11-15/h2-6,11,13-14,29H,7-10,12H2,1H3,(H,26,30)(H2,25,27,28). The SMILES string of the molecule is CN=C(NCCNC(=O)Cc1cccc(F)c1)NCCc1c[nH]c2cc(F)ccc12. The lowest BCUT2D eigenvalue weighted by atomic mass is 10.1. The average Bonchev–Trinajstić information content (AvgIpc) is 3.11. The van der Waals surface area contributed by atoms with Crippen LogP contribution >= 0.6 is 0 Å². The van der Waals surface area contributed by atoms with Crippen molar-refractivity contribution in [3.8, 4) is 0 Å². The van der Waals surface area contributed by atoms with E-state index >= 15 is 0 Å². The van der Waals surface area contributed by atoms with Crippen molar-refractivity contribution in [3.63, 3.8) is 0 Å². The second-order valence-electron chi connectivity index (χ2n) is 6.84. The van der Waals surface area contributed by atoms with Crippen molar-refractivity contribution in [1.82, 2.24) is 20.9 Å². The summed E-state index contributed by atoms with van der Waals surface area (Å²) in [5, 5.41) is 10.1. The Kier molecular flexibility index (Phi) is 7.37. The third-order valence-corrected chi connectivity index (χ3v) is 4.63. The Morgan fingerprint density at radius 3 is 2.57 bits per heavy atom. The Balaban J connectivity index is 1.36. The maximum Gasteiger partial charge on any atom is 0.224 e. The summed E-state index contributed by atoms with van der Waals surface area (Å²) in [5.41, 5.74) is 2.51. The van der Waals surface area contributed by atoms with E-state index < -0.39 is 0 Å². The van der Waals surface area contributed by atoms with Crippen LogP contribution in [-0.2, 0) is 17.6 Å². The quantitative estimate of drug-likeness (QED) is 0.260. The number of amides is 1. The maximum atomic E-state index is 13.3. The monoisotopic (exact) mass is 413 g/mol. The van der Waals surface area contributed by atoms with E-state index in [1.165, 1.54) is 24.3 Å². The fraction of sp³-hybridized carbons (Fsp3) is 0.273. The Morgan fingerprint density at radius 1 is 1.00 bits per heavy atom. The van der Waals surface area contributed by atoms with Crippen LogP contribution in [0.5, 0.6) is 0 Å². The van der Waals surface area contributed by atoms with E-state index in [1.807, 2.05) is 6.20 Å². The highest BCUT2D eigenvalue weighted by Crippen LogP contribution is 2.19. The fourth-order valence-electron chi connectivity index (χ4n) is 3.18. The minimum atomic E-state index is -0.350.